The van der Waals surface area contributed by atoms with Gasteiger partial charge in [0, 0.05) is 34.8 Å². The number of nitrogens with one attached hydrogen (secondary N) is 2. The monoisotopic (exact) mass is 430 g/mol. The molecule has 1 saturated heterocycles. The molecule has 4 heterocycles. The van der Waals surface area contributed by atoms with Crippen molar-refractivity contribution in [2.24, 2.45) is 0 Å². The minimum Gasteiger partial charge on any atom is -0.474 e. The zero-order chi connectivity index (χ0) is 21.9. The Balaban J connectivity index is 1.46. The Labute approximate surface area is 186 Å². The standard InChI is InChI=1S/C24H26N6O2/c1-15(2)31-23-13-26-11-21(29-23)16-5-6-20-18(8-16)19(10-28-20)22-12-27-14-24(30-22)32-17-4-3-7-25-9-17/h5-6,8,10-15,17,25,28H,3-4,7,9H2,1-2H3/t17-/m1/s1. The summed E-state index contributed by atoms with van der Waals surface area (Å²) in [5, 5.41) is 4.39. The fraction of sp³-hybridized carbons (Fsp3) is 0.333. The molecule has 0 radical (unpaired) electrons. The van der Waals surface area contributed by atoms with Gasteiger partial charge in [0.05, 0.1) is 42.3 Å². The van der Waals surface area contributed by atoms with Crippen LogP contribution in [0.4, 0.5) is 0 Å². The summed E-state index contributed by atoms with van der Waals surface area (Å²) in [6, 6.07) is 6.14. The van der Waals surface area contributed by atoms with Crippen LogP contribution >= 0.6 is 0 Å². The second-order valence-corrected chi connectivity index (χ2v) is 8.20. The maximum absolute atomic E-state index is 6.07. The zero-order valence-corrected chi connectivity index (χ0v) is 18.2. The molecule has 0 spiro atoms. The quantitative estimate of drug-likeness (QED) is 0.477. The van der Waals surface area contributed by atoms with E-state index in [-0.39, 0.29) is 12.2 Å². The van der Waals surface area contributed by atoms with Gasteiger partial charge in [-0.1, -0.05) is 6.07 Å². The molecule has 3 aromatic heterocycles. The number of hydrogen-bond donors (Lipinski definition) is 2. The Morgan fingerprint density at radius 3 is 2.62 bits per heavy atom. The van der Waals surface area contributed by atoms with E-state index in [0.29, 0.717) is 11.8 Å². The summed E-state index contributed by atoms with van der Waals surface area (Å²) in [6.07, 6.45) is 11.1. The predicted octanol–water partition coefficient (Wildman–Crippen LogP) is 4.00. The van der Waals surface area contributed by atoms with Crippen LogP contribution in [0.1, 0.15) is 26.7 Å². The molecular weight excluding hydrogens is 404 g/mol. The van der Waals surface area contributed by atoms with Crippen molar-refractivity contribution in [3.05, 3.63) is 49.2 Å². The lowest BCUT2D eigenvalue weighted by molar-refractivity contribution is 0.160. The van der Waals surface area contributed by atoms with Crippen LogP contribution in [0.3, 0.4) is 0 Å². The van der Waals surface area contributed by atoms with Crippen LogP contribution in [-0.4, -0.2) is 50.2 Å². The van der Waals surface area contributed by atoms with Gasteiger partial charge in [-0.25, -0.2) is 9.97 Å². The Hall–Kier alpha value is -3.52. The molecule has 0 saturated carbocycles. The van der Waals surface area contributed by atoms with Crippen molar-refractivity contribution in [2.45, 2.75) is 38.9 Å². The lowest BCUT2D eigenvalue weighted by atomic mass is 10.1. The molecule has 32 heavy (non-hydrogen) atoms. The highest BCUT2D eigenvalue weighted by Crippen LogP contribution is 2.31. The van der Waals surface area contributed by atoms with Gasteiger partial charge in [0.1, 0.15) is 6.10 Å². The van der Waals surface area contributed by atoms with Crippen molar-refractivity contribution < 1.29 is 9.47 Å². The smallest absolute Gasteiger partial charge is 0.233 e. The van der Waals surface area contributed by atoms with Gasteiger partial charge in [0.2, 0.25) is 11.8 Å². The number of benzene rings is 1. The van der Waals surface area contributed by atoms with E-state index in [0.717, 1.165) is 59.3 Å². The van der Waals surface area contributed by atoms with E-state index in [1.54, 1.807) is 24.8 Å². The fourth-order valence-corrected chi connectivity index (χ4v) is 3.90. The first kappa shape index (κ1) is 20.4. The molecular formula is C24H26N6O2. The Bertz CT molecular complexity index is 1220. The molecule has 1 aliphatic heterocycles. The molecule has 1 aliphatic rings. The van der Waals surface area contributed by atoms with Crippen molar-refractivity contribution >= 4 is 10.9 Å². The summed E-state index contributed by atoms with van der Waals surface area (Å²) in [5.74, 6) is 1.06. The van der Waals surface area contributed by atoms with Crippen LogP contribution in [-0.2, 0) is 0 Å². The average molecular weight is 431 g/mol. The third kappa shape index (κ3) is 4.40. The molecule has 0 unspecified atom stereocenters. The molecule has 0 bridgehead atoms. The molecule has 1 atom stereocenters. The lowest BCUT2D eigenvalue weighted by Gasteiger charge is -2.23. The van der Waals surface area contributed by atoms with Crippen molar-refractivity contribution in [1.82, 2.24) is 30.2 Å². The summed E-state index contributed by atoms with van der Waals surface area (Å²) in [5.41, 5.74) is 4.44. The van der Waals surface area contributed by atoms with Crippen molar-refractivity contribution in [3.63, 3.8) is 0 Å². The fourth-order valence-electron chi connectivity index (χ4n) is 3.90. The highest BCUT2D eigenvalue weighted by atomic mass is 16.5. The van der Waals surface area contributed by atoms with Gasteiger partial charge in [-0.15, -0.1) is 0 Å². The normalized spacial score (nSPS) is 16.4. The lowest BCUT2D eigenvalue weighted by Crippen LogP contribution is -2.37. The molecule has 8 heteroatoms. The number of H-pyrrole nitrogens is 1. The van der Waals surface area contributed by atoms with Crippen LogP contribution in [0.5, 0.6) is 11.8 Å². The molecule has 1 aromatic carbocycles. The number of hydrogen-bond acceptors (Lipinski definition) is 7. The van der Waals surface area contributed by atoms with E-state index in [1.807, 2.05) is 32.2 Å². The Morgan fingerprint density at radius 2 is 1.81 bits per heavy atom. The molecule has 0 amide bonds. The molecule has 5 rings (SSSR count). The second-order valence-electron chi connectivity index (χ2n) is 8.20. The van der Waals surface area contributed by atoms with E-state index < -0.39 is 0 Å². The number of rotatable bonds is 6. The molecule has 1 fully saturated rings. The predicted molar refractivity (Wildman–Crippen MR) is 123 cm³/mol. The van der Waals surface area contributed by atoms with Gasteiger partial charge in [0.25, 0.3) is 0 Å². The summed E-state index contributed by atoms with van der Waals surface area (Å²) in [7, 11) is 0. The third-order valence-corrected chi connectivity index (χ3v) is 5.37. The number of ether oxygens (including phenoxy) is 2. The van der Waals surface area contributed by atoms with Crippen molar-refractivity contribution in [2.75, 3.05) is 13.1 Å². The van der Waals surface area contributed by atoms with Gasteiger partial charge in [-0.3, -0.25) is 9.97 Å². The molecule has 8 nitrogen and oxygen atoms in total. The highest BCUT2D eigenvalue weighted by Gasteiger charge is 2.16. The maximum Gasteiger partial charge on any atom is 0.233 e. The van der Waals surface area contributed by atoms with E-state index >= 15 is 0 Å². The molecule has 2 N–H and O–H groups in total. The van der Waals surface area contributed by atoms with Crippen LogP contribution in [0.15, 0.2) is 49.2 Å². The van der Waals surface area contributed by atoms with Crippen molar-refractivity contribution in [3.8, 4) is 34.3 Å². The number of nitrogens with zero attached hydrogens (tertiary/aromatic N) is 4. The second kappa shape index (κ2) is 8.92. The average Bonchev–Trinajstić information content (AvgIpc) is 3.23. The zero-order valence-electron chi connectivity index (χ0n) is 18.2. The number of piperidine rings is 1. The third-order valence-electron chi connectivity index (χ3n) is 5.37. The minimum atomic E-state index is 0.0377. The molecule has 0 aliphatic carbocycles. The van der Waals surface area contributed by atoms with E-state index in [9.17, 15) is 0 Å². The topological polar surface area (TPSA) is 97.8 Å². The van der Waals surface area contributed by atoms with Gasteiger partial charge in [-0.05, 0) is 45.4 Å². The van der Waals surface area contributed by atoms with E-state index in [1.165, 1.54) is 0 Å². The van der Waals surface area contributed by atoms with Crippen LogP contribution in [0, 0.1) is 0 Å². The maximum atomic E-state index is 6.07. The van der Waals surface area contributed by atoms with Gasteiger partial charge in [0.15, 0.2) is 0 Å². The number of aromatic nitrogens is 5. The van der Waals surface area contributed by atoms with Crippen molar-refractivity contribution in [1.29, 1.82) is 0 Å². The minimum absolute atomic E-state index is 0.0377. The summed E-state index contributed by atoms with van der Waals surface area (Å²) in [4.78, 5) is 21.3. The Kier molecular flexibility index (Phi) is 5.68. The summed E-state index contributed by atoms with van der Waals surface area (Å²) >= 11 is 0. The van der Waals surface area contributed by atoms with Gasteiger partial charge in [-0.2, -0.15) is 0 Å². The van der Waals surface area contributed by atoms with Gasteiger partial charge >= 0.3 is 0 Å². The summed E-state index contributed by atoms with van der Waals surface area (Å²) in [6.45, 7) is 5.81. The first-order valence-electron chi connectivity index (χ1n) is 11.0. The molecule has 4 aromatic rings. The largest absolute Gasteiger partial charge is 0.474 e. The summed E-state index contributed by atoms with van der Waals surface area (Å²) < 4.78 is 11.8. The highest BCUT2D eigenvalue weighted by molar-refractivity contribution is 5.96. The number of fused-ring (bicyclic) bond motifs is 1. The SMILES string of the molecule is CC(C)Oc1cncc(-c2ccc3[nH]cc(-c4cncc(O[C@@H]5CCCNC5)n4)c3c2)n1. The van der Waals surface area contributed by atoms with E-state index in [4.69, 9.17) is 14.5 Å². The van der Waals surface area contributed by atoms with Gasteiger partial charge < -0.3 is 19.8 Å². The first-order valence-corrected chi connectivity index (χ1v) is 11.0. The molecule has 164 valence electrons. The number of aromatic amines is 1. The van der Waals surface area contributed by atoms with E-state index in [2.05, 4.69) is 31.3 Å². The van der Waals surface area contributed by atoms with Crippen LogP contribution in [0.2, 0.25) is 0 Å². The van der Waals surface area contributed by atoms with Crippen LogP contribution in [0.25, 0.3) is 33.4 Å². The van der Waals surface area contributed by atoms with Crippen LogP contribution < -0.4 is 14.8 Å². The Morgan fingerprint density at radius 1 is 1.00 bits per heavy atom. The first-order chi connectivity index (χ1) is 15.7.